The molecule has 2 nitrogen and oxygen atoms in total. The Morgan fingerprint density at radius 1 is 0.875 bits per heavy atom. The minimum atomic E-state index is -1.29. The van der Waals surface area contributed by atoms with Crippen LogP contribution in [0.3, 0.4) is 0 Å². The van der Waals surface area contributed by atoms with E-state index in [0.29, 0.717) is 22.6 Å². The predicted octanol–water partition coefficient (Wildman–Crippen LogP) is 2.92. The molecule has 0 unspecified atom stereocenters. The summed E-state index contributed by atoms with van der Waals surface area (Å²) in [6.45, 7) is 0. The van der Waals surface area contributed by atoms with Gasteiger partial charge in [0.2, 0.25) is 0 Å². The SMILES string of the molecule is OC1(S)c2ccccc2Oc2ccccc21. The van der Waals surface area contributed by atoms with E-state index in [9.17, 15) is 5.11 Å². The summed E-state index contributed by atoms with van der Waals surface area (Å²) >= 11 is 4.35. The van der Waals surface area contributed by atoms with E-state index >= 15 is 0 Å². The lowest BCUT2D eigenvalue weighted by atomic mass is 9.96. The maximum absolute atomic E-state index is 10.5. The van der Waals surface area contributed by atoms with Gasteiger partial charge in [-0.2, -0.15) is 0 Å². The fourth-order valence-electron chi connectivity index (χ4n) is 1.95. The minimum absolute atomic E-state index is 0.652. The van der Waals surface area contributed by atoms with Crippen LogP contribution in [-0.2, 0) is 4.93 Å². The van der Waals surface area contributed by atoms with Gasteiger partial charge in [0.15, 0.2) is 4.93 Å². The summed E-state index contributed by atoms with van der Waals surface area (Å²) in [7, 11) is 0. The van der Waals surface area contributed by atoms with Gasteiger partial charge >= 0.3 is 0 Å². The molecule has 0 aromatic heterocycles. The molecule has 1 aliphatic rings. The summed E-state index contributed by atoms with van der Waals surface area (Å²) in [5.74, 6) is 1.30. The Hall–Kier alpha value is -1.45. The molecule has 0 amide bonds. The summed E-state index contributed by atoms with van der Waals surface area (Å²) in [5.41, 5.74) is 1.36. The lowest BCUT2D eigenvalue weighted by molar-refractivity contribution is 0.168. The van der Waals surface area contributed by atoms with Crippen molar-refractivity contribution >= 4 is 12.6 Å². The normalized spacial score (nSPS) is 15.9. The van der Waals surface area contributed by atoms with Crippen molar-refractivity contribution in [2.45, 2.75) is 4.93 Å². The van der Waals surface area contributed by atoms with E-state index in [1.165, 1.54) is 0 Å². The van der Waals surface area contributed by atoms with Crippen molar-refractivity contribution in [3.8, 4) is 11.5 Å². The molecule has 3 heteroatoms. The molecule has 0 fully saturated rings. The number of thiol groups is 1. The number of hydrogen-bond acceptors (Lipinski definition) is 3. The average Bonchev–Trinajstić information content (AvgIpc) is 2.29. The first-order valence-electron chi connectivity index (χ1n) is 5.01. The largest absolute Gasteiger partial charge is 0.456 e. The predicted molar refractivity (Wildman–Crippen MR) is 64.9 cm³/mol. The molecule has 0 bridgehead atoms. The smallest absolute Gasteiger partial charge is 0.166 e. The first-order valence-corrected chi connectivity index (χ1v) is 5.46. The van der Waals surface area contributed by atoms with Crippen LogP contribution < -0.4 is 4.74 Å². The maximum atomic E-state index is 10.5. The van der Waals surface area contributed by atoms with Crippen LogP contribution in [0.25, 0.3) is 0 Å². The van der Waals surface area contributed by atoms with Crippen molar-refractivity contribution in [1.29, 1.82) is 0 Å². The summed E-state index contributed by atoms with van der Waals surface area (Å²) in [5, 5.41) is 10.5. The van der Waals surface area contributed by atoms with Gasteiger partial charge in [0.1, 0.15) is 11.5 Å². The Bertz CT molecular complexity index is 502. The third kappa shape index (κ3) is 1.25. The molecular formula is C13H10O2S. The van der Waals surface area contributed by atoms with Crippen LogP contribution in [0, 0.1) is 0 Å². The third-order valence-electron chi connectivity index (χ3n) is 2.75. The van der Waals surface area contributed by atoms with E-state index in [2.05, 4.69) is 12.6 Å². The molecule has 1 N–H and O–H groups in total. The fraction of sp³-hybridized carbons (Fsp3) is 0.0769. The summed E-state index contributed by atoms with van der Waals surface area (Å²) in [4.78, 5) is -1.29. The highest BCUT2D eigenvalue weighted by Crippen LogP contribution is 2.48. The Kier molecular flexibility index (Phi) is 1.99. The van der Waals surface area contributed by atoms with Gasteiger partial charge in [0.05, 0.1) is 0 Å². The zero-order valence-electron chi connectivity index (χ0n) is 8.42. The second kappa shape index (κ2) is 3.27. The van der Waals surface area contributed by atoms with Crippen molar-refractivity contribution in [3.05, 3.63) is 59.7 Å². The maximum Gasteiger partial charge on any atom is 0.166 e. The second-order valence-electron chi connectivity index (χ2n) is 3.77. The van der Waals surface area contributed by atoms with E-state index in [0.717, 1.165) is 0 Å². The van der Waals surface area contributed by atoms with Crippen LogP contribution in [0.2, 0.25) is 0 Å². The van der Waals surface area contributed by atoms with Crippen LogP contribution in [0.4, 0.5) is 0 Å². The molecule has 2 aromatic carbocycles. The van der Waals surface area contributed by atoms with Gasteiger partial charge in [0.25, 0.3) is 0 Å². The zero-order chi connectivity index (χ0) is 11.2. The lowest BCUT2D eigenvalue weighted by Gasteiger charge is -2.31. The summed E-state index contributed by atoms with van der Waals surface area (Å²) < 4.78 is 5.70. The molecule has 80 valence electrons. The van der Waals surface area contributed by atoms with Gasteiger partial charge in [-0.15, -0.1) is 12.6 Å². The molecular weight excluding hydrogens is 220 g/mol. The minimum Gasteiger partial charge on any atom is -0.456 e. The topological polar surface area (TPSA) is 29.5 Å². The van der Waals surface area contributed by atoms with E-state index in [4.69, 9.17) is 4.74 Å². The van der Waals surface area contributed by atoms with E-state index in [1.54, 1.807) is 0 Å². The number of para-hydroxylation sites is 2. The van der Waals surface area contributed by atoms with Gasteiger partial charge in [-0.05, 0) is 12.1 Å². The Morgan fingerprint density at radius 2 is 1.31 bits per heavy atom. The van der Waals surface area contributed by atoms with Crippen LogP contribution >= 0.6 is 12.6 Å². The highest BCUT2D eigenvalue weighted by atomic mass is 32.1. The first kappa shape index (κ1) is 9.75. The molecule has 16 heavy (non-hydrogen) atoms. The molecule has 0 atom stereocenters. The number of aliphatic hydroxyl groups is 1. The number of benzene rings is 2. The van der Waals surface area contributed by atoms with Crippen molar-refractivity contribution in [3.63, 3.8) is 0 Å². The average molecular weight is 230 g/mol. The molecule has 0 aliphatic carbocycles. The van der Waals surface area contributed by atoms with Gasteiger partial charge in [-0.25, -0.2) is 0 Å². The first-order chi connectivity index (χ1) is 7.69. The molecule has 1 heterocycles. The van der Waals surface area contributed by atoms with E-state index in [-0.39, 0.29) is 0 Å². The standard InChI is InChI=1S/C13H10O2S/c14-13(16)9-5-1-3-7-11(9)15-12-8-4-2-6-10(12)13/h1-8,14,16H. The summed E-state index contributed by atoms with van der Waals surface area (Å²) in [6.07, 6.45) is 0. The monoisotopic (exact) mass is 230 g/mol. The number of ether oxygens (including phenoxy) is 1. The van der Waals surface area contributed by atoms with Crippen LogP contribution in [-0.4, -0.2) is 5.11 Å². The molecule has 0 saturated heterocycles. The molecule has 3 rings (SSSR count). The van der Waals surface area contributed by atoms with Crippen molar-refractivity contribution in [2.75, 3.05) is 0 Å². The van der Waals surface area contributed by atoms with Crippen molar-refractivity contribution < 1.29 is 9.84 Å². The van der Waals surface area contributed by atoms with Crippen LogP contribution in [0.5, 0.6) is 11.5 Å². The quantitative estimate of drug-likeness (QED) is 0.538. The van der Waals surface area contributed by atoms with Crippen molar-refractivity contribution in [1.82, 2.24) is 0 Å². The van der Waals surface area contributed by atoms with Gasteiger partial charge < -0.3 is 9.84 Å². The van der Waals surface area contributed by atoms with E-state index in [1.807, 2.05) is 48.5 Å². The van der Waals surface area contributed by atoms with Crippen molar-refractivity contribution in [2.24, 2.45) is 0 Å². The number of rotatable bonds is 0. The zero-order valence-corrected chi connectivity index (χ0v) is 9.32. The molecule has 0 saturated carbocycles. The Labute approximate surface area is 98.9 Å². The molecule has 2 aromatic rings. The van der Waals surface area contributed by atoms with Gasteiger partial charge in [-0.1, -0.05) is 36.4 Å². The Balaban J connectivity index is 2.28. The highest BCUT2D eigenvalue weighted by molar-refractivity contribution is 7.81. The van der Waals surface area contributed by atoms with Crippen LogP contribution in [0.15, 0.2) is 48.5 Å². The third-order valence-corrected chi connectivity index (χ3v) is 3.23. The van der Waals surface area contributed by atoms with E-state index < -0.39 is 4.93 Å². The molecule has 1 aliphatic heterocycles. The Morgan fingerprint density at radius 3 is 1.81 bits per heavy atom. The van der Waals surface area contributed by atoms with Gasteiger partial charge in [-0.3, -0.25) is 0 Å². The fourth-order valence-corrected chi connectivity index (χ4v) is 2.32. The highest BCUT2D eigenvalue weighted by Gasteiger charge is 2.36. The van der Waals surface area contributed by atoms with Gasteiger partial charge in [0, 0.05) is 11.1 Å². The van der Waals surface area contributed by atoms with Crippen LogP contribution in [0.1, 0.15) is 11.1 Å². The second-order valence-corrected chi connectivity index (χ2v) is 4.41. The number of hydrogen-bond donors (Lipinski definition) is 2. The number of fused-ring (bicyclic) bond motifs is 2. The lowest BCUT2D eigenvalue weighted by Crippen LogP contribution is -2.24. The summed E-state index contributed by atoms with van der Waals surface area (Å²) in [6, 6.07) is 14.7. The molecule has 0 radical (unpaired) electrons. The molecule has 0 spiro atoms.